The molecular weight excluding hydrogens is 230 g/mol. The Hall–Kier alpha value is 0.550. The summed E-state index contributed by atoms with van der Waals surface area (Å²) in [7, 11) is -3.11. The van der Waals surface area contributed by atoms with E-state index in [1.807, 2.05) is 13.2 Å². The van der Waals surface area contributed by atoms with E-state index < -0.39 is 10.0 Å². The van der Waals surface area contributed by atoms with Crippen LogP contribution in [-0.4, -0.2) is 38.6 Å². The van der Waals surface area contributed by atoms with Crippen molar-refractivity contribution in [3.8, 4) is 0 Å². The summed E-state index contributed by atoms with van der Waals surface area (Å²) in [6, 6.07) is 0. The molecule has 0 aromatic heterocycles. The molecule has 0 bridgehead atoms. The number of rotatable bonds is 7. The summed E-state index contributed by atoms with van der Waals surface area (Å²) in [6.07, 6.45) is 1.94. The SMILES string of the molecule is CSCCNS(=O)(=O)CC(C)CCl. The van der Waals surface area contributed by atoms with Gasteiger partial charge in [0.05, 0.1) is 5.75 Å². The van der Waals surface area contributed by atoms with Gasteiger partial charge in [-0.25, -0.2) is 13.1 Å². The minimum absolute atomic E-state index is 0.00782. The maximum Gasteiger partial charge on any atom is 0.211 e. The summed E-state index contributed by atoms with van der Waals surface area (Å²) in [5, 5.41) is 0. The van der Waals surface area contributed by atoms with Gasteiger partial charge in [0.1, 0.15) is 0 Å². The lowest BCUT2D eigenvalue weighted by atomic mass is 10.3. The van der Waals surface area contributed by atoms with Gasteiger partial charge in [-0.05, 0) is 12.2 Å². The Kier molecular flexibility index (Phi) is 7.22. The molecule has 0 radical (unpaired) electrons. The van der Waals surface area contributed by atoms with Gasteiger partial charge < -0.3 is 0 Å². The molecule has 0 aromatic rings. The molecule has 6 heteroatoms. The quantitative estimate of drug-likeness (QED) is 0.541. The van der Waals surface area contributed by atoms with Crippen LogP contribution in [0.15, 0.2) is 0 Å². The Morgan fingerprint density at radius 1 is 1.54 bits per heavy atom. The van der Waals surface area contributed by atoms with Crippen LogP contribution in [0, 0.1) is 5.92 Å². The topological polar surface area (TPSA) is 46.2 Å². The van der Waals surface area contributed by atoms with Crippen LogP contribution in [0.1, 0.15) is 6.92 Å². The third kappa shape index (κ3) is 7.61. The zero-order chi connectivity index (χ0) is 10.3. The first-order chi connectivity index (χ1) is 6.02. The minimum atomic E-state index is -3.11. The predicted octanol–water partition coefficient (Wildman–Crippen LogP) is 1.14. The summed E-state index contributed by atoms with van der Waals surface area (Å²) in [5.41, 5.74) is 0. The van der Waals surface area contributed by atoms with Crippen molar-refractivity contribution in [1.29, 1.82) is 0 Å². The Balaban J connectivity index is 3.81. The normalized spacial score (nSPS) is 14.4. The zero-order valence-electron chi connectivity index (χ0n) is 7.92. The number of sulfonamides is 1. The van der Waals surface area contributed by atoms with Crippen LogP contribution in [0.25, 0.3) is 0 Å². The van der Waals surface area contributed by atoms with Gasteiger partial charge in [-0.2, -0.15) is 11.8 Å². The first-order valence-corrected chi connectivity index (χ1v) is 7.62. The van der Waals surface area contributed by atoms with Crippen LogP contribution in [0.4, 0.5) is 0 Å². The number of halogens is 1. The van der Waals surface area contributed by atoms with Gasteiger partial charge in [0.2, 0.25) is 10.0 Å². The van der Waals surface area contributed by atoms with Crippen molar-refractivity contribution >= 4 is 33.4 Å². The molecule has 3 nitrogen and oxygen atoms in total. The molecule has 0 amide bonds. The summed E-state index contributed by atoms with van der Waals surface area (Å²) < 4.78 is 25.1. The highest BCUT2D eigenvalue weighted by atomic mass is 35.5. The number of alkyl halides is 1. The van der Waals surface area contributed by atoms with Crippen molar-refractivity contribution in [1.82, 2.24) is 4.72 Å². The van der Waals surface area contributed by atoms with Gasteiger partial charge in [-0.1, -0.05) is 6.92 Å². The van der Waals surface area contributed by atoms with Crippen molar-refractivity contribution in [2.75, 3.05) is 30.2 Å². The first-order valence-electron chi connectivity index (χ1n) is 4.04. The standard InChI is InChI=1S/C7H16ClNO2S2/c1-7(5-8)6-13(10,11)9-3-4-12-2/h7,9H,3-6H2,1-2H3. The van der Waals surface area contributed by atoms with Crippen molar-refractivity contribution in [2.45, 2.75) is 6.92 Å². The van der Waals surface area contributed by atoms with Gasteiger partial charge in [0.15, 0.2) is 0 Å². The van der Waals surface area contributed by atoms with Crippen LogP contribution < -0.4 is 4.72 Å². The largest absolute Gasteiger partial charge is 0.214 e. The van der Waals surface area contributed by atoms with Gasteiger partial charge in [-0.15, -0.1) is 11.6 Å². The first kappa shape index (κ1) is 13.5. The number of thioether (sulfide) groups is 1. The fraction of sp³-hybridized carbons (Fsp3) is 1.00. The Morgan fingerprint density at radius 3 is 2.62 bits per heavy atom. The average molecular weight is 246 g/mol. The fourth-order valence-electron chi connectivity index (χ4n) is 0.777. The van der Waals surface area contributed by atoms with Crippen molar-refractivity contribution in [3.63, 3.8) is 0 Å². The monoisotopic (exact) mass is 245 g/mol. The van der Waals surface area contributed by atoms with Crippen LogP contribution in [-0.2, 0) is 10.0 Å². The molecule has 0 aliphatic carbocycles. The van der Waals surface area contributed by atoms with Crippen LogP contribution >= 0.6 is 23.4 Å². The van der Waals surface area contributed by atoms with E-state index in [2.05, 4.69) is 4.72 Å². The molecule has 0 fully saturated rings. The molecule has 1 atom stereocenters. The average Bonchev–Trinajstić information content (AvgIpc) is 2.03. The van der Waals surface area contributed by atoms with Crippen molar-refractivity contribution < 1.29 is 8.42 Å². The van der Waals surface area contributed by atoms with E-state index in [0.717, 1.165) is 5.75 Å². The van der Waals surface area contributed by atoms with E-state index in [1.165, 1.54) is 0 Å². The Morgan fingerprint density at radius 2 is 2.15 bits per heavy atom. The highest BCUT2D eigenvalue weighted by Gasteiger charge is 2.13. The smallest absolute Gasteiger partial charge is 0.211 e. The third-order valence-corrected chi connectivity index (χ3v) is 4.19. The van der Waals surface area contributed by atoms with Crippen LogP contribution in [0.5, 0.6) is 0 Å². The van der Waals surface area contributed by atoms with Gasteiger partial charge in [0.25, 0.3) is 0 Å². The molecule has 80 valence electrons. The van der Waals surface area contributed by atoms with Crippen LogP contribution in [0.2, 0.25) is 0 Å². The van der Waals surface area contributed by atoms with Crippen molar-refractivity contribution in [2.24, 2.45) is 5.92 Å². The number of nitrogens with one attached hydrogen (secondary N) is 1. The maximum atomic E-state index is 11.3. The second-order valence-corrected chi connectivity index (χ2v) is 6.07. The molecule has 0 heterocycles. The molecule has 0 spiro atoms. The van der Waals surface area contributed by atoms with E-state index >= 15 is 0 Å². The van der Waals surface area contributed by atoms with E-state index in [9.17, 15) is 8.42 Å². The molecule has 1 unspecified atom stereocenters. The van der Waals surface area contributed by atoms with E-state index in [4.69, 9.17) is 11.6 Å². The summed E-state index contributed by atoms with van der Waals surface area (Å²) in [5.74, 6) is 1.30. The van der Waals surface area contributed by atoms with Gasteiger partial charge in [-0.3, -0.25) is 0 Å². The zero-order valence-corrected chi connectivity index (χ0v) is 10.3. The predicted molar refractivity (Wildman–Crippen MR) is 60.1 cm³/mol. The Bertz CT molecular complexity index is 219. The molecule has 0 saturated carbocycles. The second-order valence-electron chi connectivity index (χ2n) is 2.93. The van der Waals surface area contributed by atoms with E-state index in [-0.39, 0.29) is 11.7 Å². The maximum absolute atomic E-state index is 11.3. The van der Waals surface area contributed by atoms with Crippen molar-refractivity contribution in [3.05, 3.63) is 0 Å². The number of hydrogen-bond donors (Lipinski definition) is 1. The van der Waals surface area contributed by atoms with Gasteiger partial charge in [0, 0.05) is 18.2 Å². The molecule has 1 N–H and O–H groups in total. The molecular formula is C7H16ClNO2S2. The molecule has 0 rings (SSSR count). The number of hydrogen-bond acceptors (Lipinski definition) is 3. The Labute approximate surface area is 89.7 Å². The summed E-state index contributed by atoms with van der Waals surface area (Å²) in [4.78, 5) is 0. The molecule has 0 aromatic carbocycles. The fourth-order valence-corrected chi connectivity index (χ4v) is 2.85. The molecule has 0 aliphatic rings. The molecule has 13 heavy (non-hydrogen) atoms. The highest BCUT2D eigenvalue weighted by molar-refractivity contribution is 7.98. The van der Waals surface area contributed by atoms with E-state index in [1.54, 1.807) is 11.8 Å². The highest BCUT2D eigenvalue weighted by Crippen LogP contribution is 2.01. The van der Waals surface area contributed by atoms with Crippen LogP contribution in [0.3, 0.4) is 0 Å². The lowest BCUT2D eigenvalue weighted by molar-refractivity contribution is 0.571. The molecule has 0 aliphatic heterocycles. The van der Waals surface area contributed by atoms with Gasteiger partial charge >= 0.3 is 0 Å². The van der Waals surface area contributed by atoms with E-state index in [0.29, 0.717) is 12.4 Å². The summed E-state index contributed by atoms with van der Waals surface area (Å²) >= 11 is 7.14. The third-order valence-electron chi connectivity index (χ3n) is 1.40. The molecule has 0 saturated heterocycles. The second kappa shape index (κ2) is 6.92. The summed E-state index contributed by atoms with van der Waals surface area (Å²) in [6.45, 7) is 2.32. The lowest BCUT2D eigenvalue weighted by Crippen LogP contribution is -2.31. The minimum Gasteiger partial charge on any atom is -0.214 e. The lowest BCUT2D eigenvalue weighted by Gasteiger charge is -2.09.